The highest BCUT2D eigenvalue weighted by molar-refractivity contribution is 8.22. The number of pyridine rings is 1. The maximum atomic E-state index is 13.5. The van der Waals surface area contributed by atoms with Crippen molar-refractivity contribution in [3.05, 3.63) is 88.7 Å². The number of nitrogen functional groups attached to an aromatic ring is 1. The van der Waals surface area contributed by atoms with E-state index in [9.17, 15) is 13.9 Å². The zero-order chi connectivity index (χ0) is 31.9. The van der Waals surface area contributed by atoms with Crippen LogP contribution in [0.15, 0.2) is 65.8 Å². The number of rotatable bonds is 8. The Bertz CT molecular complexity index is 1870. The molecule has 0 amide bonds. The Balaban J connectivity index is 1.41. The molecule has 1 aliphatic heterocycles. The van der Waals surface area contributed by atoms with Crippen LogP contribution in [0.5, 0.6) is 5.88 Å². The zero-order valence-corrected chi connectivity index (χ0v) is 26.6. The van der Waals surface area contributed by atoms with Gasteiger partial charge in [-0.05, 0) is 73.2 Å². The zero-order valence-electron chi connectivity index (χ0n) is 25.8. The van der Waals surface area contributed by atoms with Gasteiger partial charge in [-0.25, -0.2) is 14.3 Å². The van der Waals surface area contributed by atoms with Crippen molar-refractivity contribution < 1.29 is 18.6 Å². The molecule has 3 aromatic heterocycles. The van der Waals surface area contributed by atoms with E-state index in [0.717, 1.165) is 38.9 Å². The van der Waals surface area contributed by atoms with Crippen molar-refractivity contribution in [3.8, 4) is 5.88 Å². The van der Waals surface area contributed by atoms with Crippen LogP contribution in [-0.4, -0.2) is 61.7 Å². The van der Waals surface area contributed by atoms with E-state index in [2.05, 4.69) is 26.5 Å². The molecule has 0 fully saturated rings. The first-order valence-electron chi connectivity index (χ1n) is 15.0. The van der Waals surface area contributed by atoms with Crippen LogP contribution in [0.4, 0.5) is 5.82 Å². The second-order valence-electron chi connectivity index (χ2n) is 11.4. The van der Waals surface area contributed by atoms with Crippen molar-refractivity contribution in [2.24, 2.45) is 0 Å². The average molecular weight is 631 g/mol. The molecule has 0 bridgehead atoms. The van der Waals surface area contributed by atoms with E-state index in [1.165, 1.54) is 4.68 Å². The van der Waals surface area contributed by atoms with Gasteiger partial charge in [0.05, 0.1) is 12.1 Å². The largest absolute Gasteiger partial charge is 0.472 e. The Morgan fingerprint density at radius 2 is 1.98 bits per heavy atom. The number of carbonyl (C=O) groups is 1. The predicted molar refractivity (Wildman–Crippen MR) is 173 cm³/mol. The molecule has 236 valence electrons. The molecule has 13 heteroatoms. The van der Waals surface area contributed by atoms with Gasteiger partial charge >= 0.3 is 0 Å². The molecule has 2 aromatic carbocycles. The highest BCUT2D eigenvalue weighted by atomic mass is 32.3. The molecular formula is C32H38N8O4S. The van der Waals surface area contributed by atoms with Gasteiger partial charge in [0.2, 0.25) is 11.8 Å². The van der Waals surface area contributed by atoms with Crippen LogP contribution in [0, 0.1) is 13.8 Å². The molecule has 1 aliphatic rings. The molecule has 2 atom stereocenters. The topological polar surface area (TPSA) is 157 Å². The van der Waals surface area contributed by atoms with E-state index in [4.69, 9.17) is 10.5 Å². The third-order valence-corrected chi connectivity index (χ3v) is 10.5. The number of anilines is 1. The molecule has 0 radical (unpaired) electrons. The fourth-order valence-electron chi connectivity index (χ4n) is 5.92. The first-order chi connectivity index (χ1) is 21.6. The highest BCUT2D eigenvalue weighted by Gasteiger charge is 2.36. The Hall–Kier alpha value is -4.30. The van der Waals surface area contributed by atoms with E-state index in [1.54, 1.807) is 34.9 Å². The second kappa shape index (κ2) is 12.2. The summed E-state index contributed by atoms with van der Waals surface area (Å²) >= 11 is 0. The SMILES string of the molecule is CC[C@@H]1CN(Cc2cc([C@H](CC(=O)n3ccc(N)n3)c3ccc4c(nnn4CC)c3C)ccc2C)S(O)(O)c2cccnc2O1. The van der Waals surface area contributed by atoms with Gasteiger partial charge < -0.3 is 10.5 Å². The van der Waals surface area contributed by atoms with E-state index >= 15 is 0 Å². The van der Waals surface area contributed by atoms with Crippen LogP contribution in [0.1, 0.15) is 65.2 Å². The van der Waals surface area contributed by atoms with E-state index in [-0.39, 0.29) is 47.5 Å². The Labute approximate surface area is 263 Å². The number of benzene rings is 2. The van der Waals surface area contributed by atoms with Crippen LogP contribution < -0.4 is 10.5 Å². The fraction of sp³-hybridized carbons (Fsp3) is 0.344. The van der Waals surface area contributed by atoms with Crippen molar-refractivity contribution in [2.45, 2.75) is 70.5 Å². The quantitative estimate of drug-likeness (QED) is 0.191. The monoisotopic (exact) mass is 630 g/mol. The molecule has 0 spiro atoms. The van der Waals surface area contributed by atoms with Crippen molar-refractivity contribution in [3.63, 3.8) is 0 Å². The van der Waals surface area contributed by atoms with Crippen LogP contribution in [-0.2, 0) is 13.1 Å². The molecule has 4 N–H and O–H groups in total. The van der Waals surface area contributed by atoms with Crippen molar-refractivity contribution in [2.75, 3.05) is 12.3 Å². The summed E-state index contributed by atoms with van der Waals surface area (Å²) in [5, 5.41) is 12.9. The number of nitrogens with two attached hydrogens (primary N) is 1. The average Bonchev–Trinajstić information content (AvgIpc) is 3.64. The Morgan fingerprint density at radius 1 is 1.16 bits per heavy atom. The molecule has 0 unspecified atom stereocenters. The summed E-state index contributed by atoms with van der Waals surface area (Å²) in [5.41, 5.74) is 12.2. The van der Waals surface area contributed by atoms with Crippen LogP contribution in [0.3, 0.4) is 0 Å². The number of aryl methyl sites for hydroxylation is 3. The maximum absolute atomic E-state index is 13.5. The van der Waals surface area contributed by atoms with E-state index < -0.39 is 10.8 Å². The van der Waals surface area contributed by atoms with Gasteiger partial charge in [0, 0.05) is 43.9 Å². The molecule has 5 aromatic rings. The lowest BCUT2D eigenvalue weighted by atomic mass is 9.84. The first-order valence-corrected chi connectivity index (χ1v) is 16.5. The van der Waals surface area contributed by atoms with Gasteiger partial charge in [-0.3, -0.25) is 13.9 Å². The first kappa shape index (κ1) is 30.7. The molecular weight excluding hydrogens is 592 g/mol. The molecule has 6 rings (SSSR count). The van der Waals surface area contributed by atoms with Crippen molar-refractivity contribution in [1.29, 1.82) is 0 Å². The lowest BCUT2D eigenvalue weighted by Gasteiger charge is -2.41. The van der Waals surface area contributed by atoms with Crippen molar-refractivity contribution >= 4 is 33.5 Å². The third-order valence-electron chi connectivity index (χ3n) is 8.56. The molecule has 0 saturated carbocycles. The van der Waals surface area contributed by atoms with Gasteiger partial charge in [-0.2, -0.15) is 4.31 Å². The maximum Gasteiger partial charge on any atom is 0.247 e. The third kappa shape index (κ3) is 5.79. The molecule has 4 heterocycles. The summed E-state index contributed by atoms with van der Waals surface area (Å²) in [6.45, 7) is 9.29. The molecule has 0 aliphatic carbocycles. The second-order valence-corrected chi connectivity index (χ2v) is 13.4. The normalized spacial score (nSPS) is 17.8. The summed E-state index contributed by atoms with van der Waals surface area (Å²) in [4.78, 5) is 18.1. The Morgan fingerprint density at radius 3 is 2.71 bits per heavy atom. The number of fused-ring (bicyclic) bond motifs is 2. The minimum atomic E-state index is -3.40. The standard InChI is InChI=1S/C32H38N8O4S/c1-5-24-19-38(45(42,43)28-8-7-14-34-32(28)44-24)18-23-16-22(10-9-20(23)3)26(17-30(41)40-15-13-29(33)36-40)25-11-12-27-31(21(25)4)35-37-39(27)6-2/h7-16,24,26,42-43H,5-6,17-19H2,1-4H3,(H2,33,36)/t24-,26+/m1/s1. The lowest BCUT2D eigenvalue weighted by molar-refractivity contribution is 0.0881. The van der Waals surface area contributed by atoms with Crippen LogP contribution in [0.2, 0.25) is 0 Å². The van der Waals surface area contributed by atoms with Crippen LogP contribution in [0.25, 0.3) is 11.0 Å². The van der Waals surface area contributed by atoms with E-state index in [0.29, 0.717) is 19.5 Å². The van der Waals surface area contributed by atoms with Gasteiger partial charge in [0.25, 0.3) is 0 Å². The summed E-state index contributed by atoms with van der Waals surface area (Å²) in [6.07, 6.45) is 3.69. The lowest BCUT2D eigenvalue weighted by Crippen LogP contribution is -2.34. The number of hydrogen-bond donors (Lipinski definition) is 3. The minimum Gasteiger partial charge on any atom is -0.472 e. The number of ether oxygens (including phenoxy) is 1. The summed E-state index contributed by atoms with van der Waals surface area (Å²) in [6, 6.07) is 15.1. The molecule has 12 nitrogen and oxygen atoms in total. The van der Waals surface area contributed by atoms with Gasteiger partial charge in [0.1, 0.15) is 22.3 Å². The molecule has 45 heavy (non-hydrogen) atoms. The van der Waals surface area contributed by atoms with Gasteiger partial charge in [0.15, 0.2) is 0 Å². The summed E-state index contributed by atoms with van der Waals surface area (Å²) < 4.78 is 34.0. The summed E-state index contributed by atoms with van der Waals surface area (Å²) in [7, 11) is -3.40. The number of aromatic nitrogens is 6. The summed E-state index contributed by atoms with van der Waals surface area (Å²) in [5.74, 6) is -0.0289. The van der Waals surface area contributed by atoms with Crippen molar-refractivity contribution in [1.82, 2.24) is 34.1 Å². The fourth-order valence-corrected chi connectivity index (χ4v) is 7.49. The number of carbonyl (C=O) groups excluding carboxylic acids is 1. The minimum absolute atomic E-state index is 0.127. The predicted octanol–water partition coefficient (Wildman–Crippen LogP) is 5.80. The van der Waals surface area contributed by atoms with E-state index in [1.807, 2.05) is 56.6 Å². The number of nitrogens with zero attached hydrogens (tertiary/aromatic N) is 7. The smallest absolute Gasteiger partial charge is 0.247 e. The van der Waals surface area contributed by atoms with Crippen LogP contribution >= 0.6 is 10.8 Å². The number of hydrogen-bond acceptors (Lipinski definition) is 10. The highest BCUT2D eigenvalue weighted by Crippen LogP contribution is 2.57. The molecule has 0 saturated heterocycles. The van der Waals surface area contributed by atoms with Gasteiger partial charge in [-0.1, -0.05) is 36.4 Å². The van der Waals surface area contributed by atoms with Gasteiger partial charge in [-0.15, -0.1) is 21.0 Å². The Kier molecular flexibility index (Phi) is 8.35.